The number of Topliss-reactive ketones (excluding diaryl/α,β-unsaturated/α-hetero) is 2. The molecule has 3 aromatic carbocycles. The number of aromatic hydroxyl groups is 3. The molecule has 3 aromatic rings. The van der Waals surface area contributed by atoms with E-state index in [1.807, 2.05) is 46.8 Å². The molecule has 350 valence electrons. The van der Waals surface area contributed by atoms with E-state index < -0.39 is 46.0 Å². The standard InChI is InChI=1S/C38H46O9.C15H14O4/c1-21(2)11-10-18-36(8)19-17-24-29(39)28-30(40)26-12-9-13-27-35(6,7)47-37(34(43)44,20-16-23(5)33(41)42)38(26,27)46-32(28)25(31(24)45-36)15-14-22(3)4;1-19-12-5-2-10(3-6-12)8-14(17)13-7-4-11(16)9-15(13)18/h11-12,14,16-17,19,27,39H,9-10,13,15,18,20H2,1-8H3,(H,41,42)(H,43,44);2-7,9,16,18H,8H2,1H3. The second-order valence-corrected chi connectivity index (χ2v) is 18.6. The fourth-order valence-corrected chi connectivity index (χ4v) is 9.44. The van der Waals surface area contributed by atoms with Crippen molar-refractivity contribution in [3.63, 3.8) is 0 Å². The number of carbonyl (C=O) groups excluding carboxylic acids is 2. The number of hydrogen-bond acceptors (Lipinski definition) is 11. The van der Waals surface area contributed by atoms with Gasteiger partial charge in [-0.05, 0) is 129 Å². The number of carboxylic acids is 2. The second-order valence-electron chi connectivity index (χ2n) is 18.6. The maximum absolute atomic E-state index is 14.7. The van der Waals surface area contributed by atoms with Crippen molar-refractivity contribution in [1.82, 2.24) is 0 Å². The Labute approximate surface area is 385 Å². The van der Waals surface area contributed by atoms with Crippen LogP contribution in [0.3, 0.4) is 0 Å². The minimum absolute atomic E-state index is 0.0407. The van der Waals surface area contributed by atoms with Gasteiger partial charge in [-0.15, -0.1) is 0 Å². The molecule has 7 rings (SSSR count). The summed E-state index contributed by atoms with van der Waals surface area (Å²) in [7, 11) is 1.58. The van der Waals surface area contributed by atoms with Gasteiger partial charge in [-0.2, -0.15) is 0 Å². The summed E-state index contributed by atoms with van der Waals surface area (Å²) in [5.41, 5.74) is -1.63. The predicted octanol–water partition coefficient (Wildman–Crippen LogP) is 10.0. The van der Waals surface area contributed by atoms with Crippen LogP contribution in [0.25, 0.3) is 6.08 Å². The van der Waals surface area contributed by atoms with Gasteiger partial charge in [-0.3, -0.25) is 9.59 Å². The van der Waals surface area contributed by atoms with E-state index in [1.165, 1.54) is 30.7 Å². The minimum atomic E-state index is -2.16. The number of allylic oxidation sites excluding steroid dienone is 5. The number of methoxy groups -OCH3 is 1. The van der Waals surface area contributed by atoms with E-state index in [1.54, 1.807) is 57.4 Å². The van der Waals surface area contributed by atoms with E-state index >= 15 is 0 Å². The Balaban J connectivity index is 0.000000315. The molecular formula is C53H60O13. The van der Waals surface area contributed by atoms with Crippen molar-refractivity contribution in [2.75, 3.05) is 7.11 Å². The van der Waals surface area contributed by atoms with Crippen LogP contribution < -0.4 is 14.2 Å². The van der Waals surface area contributed by atoms with E-state index in [2.05, 4.69) is 6.08 Å². The molecule has 66 heavy (non-hydrogen) atoms. The summed E-state index contributed by atoms with van der Waals surface area (Å²) in [6, 6.07) is 11.1. The molecule has 4 atom stereocenters. The number of carboxylic acid groups (broad SMARTS) is 2. The highest BCUT2D eigenvalue weighted by Crippen LogP contribution is 2.64. The van der Waals surface area contributed by atoms with Gasteiger partial charge >= 0.3 is 11.9 Å². The van der Waals surface area contributed by atoms with Gasteiger partial charge in [-0.25, -0.2) is 9.59 Å². The maximum Gasteiger partial charge on any atom is 0.340 e. The van der Waals surface area contributed by atoms with Crippen LogP contribution >= 0.6 is 0 Å². The molecule has 13 heteroatoms. The lowest BCUT2D eigenvalue weighted by Crippen LogP contribution is -2.66. The molecule has 13 nitrogen and oxygen atoms in total. The molecule has 0 amide bonds. The van der Waals surface area contributed by atoms with Crippen LogP contribution in [0.5, 0.6) is 34.5 Å². The highest BCUT2D eigenvalue weighted by Gasteiger charge is 2.77. The number of benzene rings is 3. The average molecular weight is 905 g/mol. The van der Waals surface area contributed by atoms with Crippen molar-refractivity contribution in [3.05, 3.63) is 123 Å². The van der Waals surface area contributed by atoms with Crippen molar-refractivity contribution in [1.29, 1.82) is 0 Å². The van der Waals surface area contributed by atoms with Crippen LogP contribution in [-0.4, -0.2) is 78.6 Å². The van der Waals surface area contributed by atoms with Crippen molar-refractivity contribution < 1.29 is 63.7 Å². The Bertz CT molecular complexity index is 2600. The molecule has 0 aromatic heterocycles. The molecule has 1 spiro atoms. The van der Waals surface area contributed by atoms with Crippen LogP contribution in [0.4, 0.5) is 0 Å². The normalized spacial score (nSPS) is 23.2. The Morgan fingerprint density at radius 1 is 0.879 bits per heavy atom. The SMILES string of the molecule is CC(C)=CCCC1(C)C=Cc2c(O)c3c(c(CC=C(C)C)c2O1)OC12C(=CCCC1C(C)(C)OC2(CC=C(C)C(=O)O)C(=O)O)C3=O.COc1ccc(CC(=O)c2ccc(O)cc2O)cc1. The Morgan fingerprint density at radius 2 is 1.56 bits per heavy atom. The van der Waals surface area contributed by atoms with Gasteiger partial charge in [0.15, 0.2) is 17.2 Å². The second kappa shape index (κ2) is 18.7. The van der Waals surface area contributed by atoms with Gasteiger partial charge in [0.2, 0.25) is 5.60 Å². The fourth-order valence-electron chi connectivity index (χ4n) is 9.44. The third-order valence-electron chi connectivity index (χ3n) is 12.8. The zero-order chi connectivity index (χ0) is 48.5. The zero-order valence-corrected chi connectivity index (χ0v) is 39.0. The number of aliphatic carboxylic acids is 2. The van der Waals surface area contributed by atoms with Crippen molar-refractivity contribution >= 4 is 29.6 Å². The van der Waals surface area contributed by atoms with E-state index in [4.69, 9.17) is 18.9 Å². The molecule has 0 bridgehead atoms. The monoisotopic (exact) mass is 904 g/mol. The number of rotatable bonds is 13. The van der Waals surface area contributed by atoms with Crippen molar-refractivity contribution in [2.45, 2.75) is 123 Å². The molecule has 4 unspecified atom stereocenters. The van der Waals surface area contributed by atoms with E-state index in [9.17, 15) is 44.7 Å². The summed E-state index contributed by atoms with van der Waals surface area (Å²) in [6.07, 6.45) is 13.3. The summed E-state index contributed by atoms with van der Waals surface area (Å²) >= 11 is 0. The molecule has 3 aliphatic heterocycles. The van der Waals surface area contributed by atoms with Crippen molar-refractivity contribution in [3.8, 4) is 34.5 Å². The third kappa shape index (κ3) is 9.13. The minimum Gasteiger partial charge on any atom is -0.508 e. The quantitative estimate of drug-likeness (QED) is 0.0616. The maximum atomic E-state index is 14.7. The zero-order valence-electron chi connectivity index (χ0n) is 39.0. The Morgan fingerprint density at radius 3 is 2.17 bits per heavy atom. The van der Waals surface area contributed by atoms with Crippen LogP contribution in [0, 0.1) is 5.92 Å². The van der Waals surface area contributed by atoms with Crippen LogP contribution in [-0.2, 0) is 27.2 Å². The molecule has 5 N–H and O–H groups in total. The number of phenols is 3. The summed E-state index contributed by atoms with van der Waals surface area (Å²) in [5, 5.41) is 51.2. The van der Waals surface area contributed by atoms with Gasteiger partial charge in [0.1, 0.15) is 45.7 Å². The largest absolute Gasteiger partial charge is 0.508 e. The van der Waals surface area contributed by atoms with Gasteiger partial charge < -0.3 is 44.5 Å². The fraction of sp³-hybridized carbons (Fsp3) is 0.396. The number of ether oxygens (including phenoxy) is 4. The predicted molar refractivity (Wildman–Crippen MR) is 249 cm³/mol. The first-order chi connectivity index (χ1) is 31.0. The topological polar surface area (TPSA) is 206 Å². The van der Waals surface area contributed by atoms with E-state index in [0.717, 1.165) is 29.4 Å². The number of hydrogen-bond donors (Lipinski definition) is 5. The van der Waals surface area contributed by atoms with Crippen LogP contribution in [0.15, 0.2) is 95.1 Å². The molecule has 1 aliphatic carbocycles. The number of ketones is 2. The molecule has 4 aliphatic rings. The number of carbonyl (C=O) groups is 4. The first-order valence-electron chi connectivity index (χ1n) is 22.0. The molecule has 0 radical (unpaired) electrons. The average Bonchev–Trinajstić information content (AvgIpc) is 3.45. The Hall–Kier alpha value is -6.60. The molecule has 3 heterocycles. The van der Waals surface area contributed by atoms with Gasteiger partial charge in [0.05, 0.1) is 23.8 Å². The molecule has 1 fully saturated rings. The summed E-state index contributed by atoms with van der Waals surface area (Å²) < 4.78 is 25.3. The lowest BCUT2D eigenvalue weighted by molar-refractivity contribution is -0.184. The van der Waals surface area contributed by atoms with E-state index in [-0.39, 0.29) is 63.9 Å². The number of phenolic OH excluding ortho intramolecular Hbond substituents is 3. The summed E-state index contributed by atoms with van der Waals surface area (Å²) in [4.78, 5) is 52.1. The summed E-state index contributed by atoms with van der Waals surface area (Å²) in [5.74, 6) is -3.29. The molecule has 1 saturated heterocycles. The highest BCUT2D eigenvalue weighted by atomic mass is 16.6. The van der Waals surface area contributed by atoms with E-state index in [0.29, 0.717) is 42.6 Å². The van der Waals surface area contributed by atoms with Gasteiger partial charge in [0, 0.05) is 41.5 Å². The Kier molecular flexibility index (Phi) is 13.9. The van der Waals surface area contributed by atoms with Gasteiger partial charge in [0.25, 0.3) is 0 Å². The first kappa shape index (κ1) is 48.8. The molecular weight excluding hydrogens is 845 g/mol. The van der Waals surface area contributed by atoms with Gasteiger partial charge in [-0.1, -0.05) is 47.6 Å². The highest BCUT2D eigenvalue weighted by molar-refractivity contribution is 6.17. The lowest BCUT2D eigenvalue weighted by atomic mass is 9.60. The third-order valence-corrected chi connectivity index (χ3v) is 12.8. The lowest BCUT2D eigenvalue weighted by Gasteiger charge is -2.50. The van der Waals surface area contributed by atoms with Crippen molar-refractivity contribution in [2.24, 2.45) is 5.92 Å². The first-order valence-corrected chi connectivity index (χ1v) is 22.0. The van der Waals surface area contributed by atoms with Crippen LogP contribution in [0.2, 0.25) is 0 Å². The molecule has 0 saturated carbocycles. The van der Waals surface area contributed by atoms with Crippen LogP contribution in [0.1, 0.15) is 125 Å². The summed E-state index contributed by atoms with van der Waals surface area (Å²) in [6.45, 7) is 14.9. The smallest absolute Gasteiger partial charge is 0.340 e. The number of fused-ring (bicyclic) bond motifs is 2.